The molecule has 0 amide bonds. The highest BCUT2D eigenvalue weighted by Crippen LogP contribution is 2.37. The molecule has 0 fully saturated rings. The standard InChI is InChI=1S/C24H23BrN2O3/c1-29-17-10-7-15(8-11-17)20-14-21(19-13-16(25)9-12-22(19)28)27-24(26-20)18-5-3-4-6-23(18)30-2/h3-13,21,24,27-28H,14H2,1-2H3/t21-,24-/m0/s1. The van der Waals surface area contributed by atoms with Crippen molar-refractivity contribution in [1.82, 2.24) is 5.32 Å². The third-order valence-corrected chi connectivity index (χ3v) is 5.76. The fraction of sp³-hybridized carbons (Fsp3) is 0.208. The van der Waals surface area contributed by atoms with Crippen molar-refractivity contribution < 1.29 is 14.6 Å². The average molecular weight is 467 g/mol. The number of rotatable bonds is 5. The summed E-state index contributed by atoms with van der Waals surface area (Å²) < 4.78 is 11.8. The lowest BCUT2D eigenvalue weighted by Gasteiger charge is -2.31. The molecular formula is C24H23BrN2O3. The highest BCUT2D eigenvalue weighted by atomic mass is 79.9. The molecule has 4 rings (SSSR count). The fourth-order valence-electron chi connectivity index (χ4n) is 3.72. The van der Waals surface area contributed by atoms with Gasteiger partial charge in [0.15, 0.2) is 0 Å². The smallest absolute Gasteiger partial charge is 0.129 e. The number of halogens is 1. The van der Waals surface area contributed by atoms with Gasteiger partial charge >= 0.3 is 0 Å². The zero-order chi connectivity index (χ0) is 21.1. The van der Waals surface area contributed by atoms with Crippen LogP contribution in [0.4, 0.5) is 0 Å². The van der Waals surface area contributed by atoms with Gasteiger partial charge in [-0.2, -0.15) is 0 Å². The van der Waals surface area contributed by atoms with E-state index < -0.39 is 0 Å². The number of methoxy groups -OCH3 is 2. The molecule has 0 saturated heterocycles. The Hall–Kier alpha value is -2.83. The van der Waals surface area contributed by atoms with Gasteiger partial charge in [0.2, 0.25) is 0 Å². The van der Waals surface area contributed by atoms with Gasteiger partial charge in [-0.05, 0) is 54.1 Å². The summed E-state index contributed by atoms with van der Waals surface area (Å²) in [5, 5.41) is 14.1. The molecular weight excluding hydrogens is 444 g/mol. The predicted octanol–water partition coefficient (Wildman–Crippen LogP) is 5.39. The van der Waals surface area contributed by atoms with Gasteiger partial charge in [-0.1, -0.05) is 34.1 Å². The second kappa shape index (κ2) is 8.90. The number of benzene rings is 3. The molecule has 1 aliphatic rings. The van der Waals surface area contributed by atoms with E-state index in [1.54, 1.807) is 20.3 Å². The van der Waals surface area contributed by atoms with Gasteiger partial charge in [0.05, 0.1) is 14.2 Å². The number of phenols is 1. The quantitative estimate of drug-likeness (QED) is 0.528. The first-order valence-electron chi connectivity index (χ1n) is 9.67. The average Bonchev–Trinajstić information content (AvgIpc) is 2.80. The molecule has 0 unspecified atom stereocenters. The van der Waals surface area contributed by atoms with Crippen LogP contribution in [0.15, 0.2) is 76.2 Å². The van der Waals surface area contributed by atoms with Gasteiger partial charge in [0.25, 0.3) is 0 Å². The minimum Gasteiger partial charge on any atom is -0.508 e. The number of nitrogens with zero attached hydrogens (tertiary/aromatic N) is 1. The molecule has 0 saturated carbocycles. The summed E-state index contributed by atoms with van der Waals surface area (Å²) in [6, 6.07) is 21.1. The highest BCUT2D eigenvalue weighted by Gasteiger charge is 2.29. The minimum atomic E-state index is -0.310. The van der Waals surface area contributed by atoms with Crippen LogP contribution in [0.2, 0.25) is 0 Å². The molecule has 154 valence electrons. The summed E-state index contributed by atoms with van der Waals surface area (Å²) in [5.41, 5.74) is 3.75. The Labute approximate surface area is 184 Å². The van der Waals surface area contributed by atoms with Crippen LogP contribution in [0.1, 0.15) is 35.3 Å². The molecule has 0 spiro atoms. The molecule has 3 aromatic carbocycles. The van der Waals surface area contributed by atoms with Gasteiger partial charge in [-0.15, -0.1) is 0 Å². The van der Waals surface area contributed by atoms with E-state index >= 15 is 0 Å². The molecule has 2 N–H and O–H groups in total. The van der Waals surface area contributed by atoms with Crippen LogP contribution in [0.3, 0.4) is 0 Å². The SMILES string of the molecule is COc1ccc(C2=N[C@H](c3ccccc3OC)N[C@H](c3cc(Br)ccc3O)C2)cc1. The fourth-order valence-corrected chi connectivity index (χ4v) is 4.10. The van der Waals surface area contributed by atoms with E-state index in [0.29, 0.717) is 6.42 Å². The Morgan fingerprint density at radius 3 is 2.47 bits per heavy atom. The van der Waals surface area contributed by atoms with E-state index in [1.165, 1.54) is 0 Å². The second-order valence-electron chi connectivity index (χ2n) is 7.08. The van der Waals surface area contributed by atoms with E-state index in [1.807, 2.05) is 60.7 Å². The normalized spacial score (nSPS) is 18.6. The first kappa shape index (κ1) is 20.4. The molecule has 0 aromatic heterocycles. The number of ether oxygens (including phenoxy) is 2. The molecule has 5 nitrogen and oxygen atoms in total. The maximum absolute atomic E-state index is 10.5. The van der Waals surface area contributed by atoms with Crippen LogP contribution in [0.5, 0.6) is 17.2 Å². The number of phenolic OH excluding ortho intramolecular Hbond substituents is 1. The van der Waals surface area contributed by atoms with Crippen LogP contribution in [0.25, 0.3) is 0 Å². The highest BCUT2D eigenvalue weighted by molar-refractivity contribution is 9.10. The van der Waals surface area contributed by atoms with Gasteiger partial charge in [0, 0.05) is 33.8 Å². The number of aromatic hydroxyl groups is 1. The van der Waals surface area contributed by atoms with E-state index in [-0.39, 0.29) is 18.0 Å². The Bertz CT molecular complexity index is 1070. The molecule has 0 bridgehead atoms. The van der Waals surface area contributed by atoms with E-state index in [4.69, 9.17) is 14.5 Å². The van der Waals surface area contributed by atoms with Crippen molar-refractivity contribution in [2.75, 3.05) is 14.2 Å². The van der Waals surface area contributed by atoms with Crippen LogP contribution >= 0.6 is 15.9 Å². The van der Waals surface area contributed by atoms with Crippen LogP contribution < -0.4 is 14.8 Å². The number of hydrogen-bond donors (Lipinski definition) is 2. The van der Waals surface area contributed by atoms with E-state index in [2.05, 4.69) is 21.2 Å². The minimum absolute atomic E-state index is 0.119. The molecule has 0 aliphatic carbocycles. The third kappa shape index (κ3) is 4.20. The third-order valence-electron chi connectivity index (χ3n) is 5.26. The van der Waals surface area contributed by atoms with Crippen molar-refractivity contribution >= 4 is 21.6 Å². The Balaban J connectivity index is 1.78. The van der Waals surface area contributed by atoms with E-state index in [9.17, 15) is 5.11 Å². The first-order chi connectivity index (χ1) is 14.6. The summed E-state index contributed by atoms with van der Waals surface area (Å²) in [5.74, 6) is 1.83. The zero-order valence-corrected chi connectivity index (χ0v) is 18.4. The maximum Gasteiger partial charge on any atom is 0.129 e. The van der Waals surface area contributed by atoms with Crippen molar-refractivity contribution in [3.8, 4) is 17.2 Å². The summed E-state index contributed by atoms with van der Waals surface area (Å²) in [6.45, 7) is 0. The molecule has 2 atom stereocenters. The van der Waals surface area contributed by atoms with Gasteiger partial charge in [0.1, 0.15) is 23.4 Å². The molecule has 3 aromatic rings. The van der Waals surface area contributed by atoms with Gasteiger partial charge in [-0.3, -0.25) is 10.3 Å². The topological polar surface area (TPSA) is 63.1 Å². The van der Waals surface area contributed by atoms with Crippen LogP contribution in [0, 0.1) is 0 Å². The monoisotopic (exact) mass is 466 g/mol. The van der Waals surface area contributed by atoms with Crippen molar-refractivity contribution in [3.63, 3.8) is 0 Å². The first-order valence-corrected chi connectivity index (χ1v) is 10.5. The lowest BCUT2D eigenvalue weighted by atomic mass is 9.93. The van der Waals surface area contributed by atoms with Crippen molar-refractivity contribution in [2.24, 2.45) is 4.99 Å². The van der Waals surface area contributed by atoms with Crippen molar-refractivity contribution in [3.05, 3.63) is 87.9 Å². The largest absolute Gasteiger partial charge is 0.508 e. The molecule has 6 heteroatoms. The van der Waals surface area contributed by atoms with Crippen molar-refractivity contribution in [1.29, 1.82) is 0 Å². The number of nitrogens with one attached hydrogen (secondary N) is 1. The lowest BCUT2D eigenvalue weighted by molar-refractivity contribution is 0.381. The second-order valence-corrected chi connectivity index (χ2v) is 7.99. The molecule has 30 heavy (non-hydrogen) atoms. The zero-order valence-electron chi connectivity index (χ0n) is 16.8. The summed E-state index contributed by atoms with van der Waals surface area (Å²) >= 11 is 3.52. The summed E-state index contributed by atoms with van der Waals surface area (Å²) in [6.07, 6.45) is 0.331. The lowest BCUT2D eigenvalue weighted by Crippen LogP contribution is -2.33. The predicted molar refractivity (Wildman–Crippen MR) is 122 cm³/mol. The number of para-hydroxylation sites is 1. The Morgan fingerprint density at radius 1 is 0.967 bits per heavy atom. The van der Waals surface area contributed by atoms with Gasteiger partial charge < -0.3 is 14.6 Å². The van der Waals surface area contributed by atoms with Crippen molar-refractivity contribution in [2.45, 2.75) is 18.6 Å². The van der Waals surface area contributed by atoms with E-state index in [0.717, 1.165) is 38.4 Å². The molecule has 0 radical (unpaired) electrons. The maximum atomic E-state index is 10.5. The summed E-state index contributed by atoms with van der Waals surface area (Å²) in [7, 11) is 3.31. The van der Waals surface area contributed by atoms with Crippen LogP contribution in [-0.4, -0.2) is 25.0 Å². The molecule has 1 aliphatic heterocycles. The number of hydrogen-bond acceptors (Lipinski definition) is 5. The number of aliphatic imine (C=N–C) groups is 1. The van der Waals surface area contributed by atoms with Crippen LogP contribution in [-0.2, 0) is 0 Å². The van der Waals surface area contributed by atoms with Gasteiger partial charge in [-0.25, -0.2) is 0 Å². The Kier molecular flexibility index (Phi) is 6.06. The molecule has 1 heterocycles. The summed E-state index contributed by atoms with van der Waals surface area (Å²) in [4.78, 5) is 5.01. The Morgan fingerprint density at radius 2 is 1.73 bits per heavy atom.